The van der Waals surface area contributed by atoms with Crippen molar-refractivity contribution < 1.29 is 14.0 Å². The van der Waals surface area contributed by atoms with E-state index in [0.29, 0.717) is 38.9 Å². The summed E-state index contributed by atoms with van der Waals surface area (Å²) in [6.07, 6.45) is 5.29. The van der Waals surface area contributed by atoms with Gasteiger partial charge in [0.1, 0.15) is 5.82 Å². The summed E-state index contributed by atoms with van der Waals surface area (Å²) in [5, 5.41) is 7.41. The standard InChI is InChI=1S/C24H26FN5O2/c1-29-14-18-15-30(22(31)7-4-5-17-8-10-19(25)11-9-17)16-21(23(18)28-29)24(32)27-13-20-6-2-3-12-26-20/h2-3,6,8-12,14,21H,4-5,7,13,15-16H2,1H3,(H,27,32). The van der Waals surface area contributed by atoms with Gasteiger partial charge in [-0.15, -0.1) is 0 Å². The van der Waals surface area contributed by atoms with Gasteiger partial charge in [0.25, 0.3) is 0 Å². The fraction of sp³-hybridized carbons (Fsp3) is 0.333. The van der Waals surface area contributed by atoms with Crippen molar-refractivity contribution in [3.63, 3.8) is 0 Å². The van der Waals surface area contributed by atoms with E-state index in [0.717, 1.165) is 22.5 Å². The molecule has 0 bridgehead atoms. The van der Waals surface area contributed by atoms with Crippen LogP contribution in [-0.2, 0) is 36.1 Å². The Balaban J connectivity index is 1.38. The third kappa shape index (κ3) is 5.19. The smallest absolute Gasteiger partial charge is 0.231 e. The van der Waals surface area contributed by atoms with Crippen LogP contribution in [0.2, 0.25) is 0 Å². The zero-order chi connectivity index (χ0) is 22.5. The van der Waals surface area contributed by atoms with Crippen molar-refractivity contribution in [3.05, 3.63) is 83.2 Å². The van der Waals surface area contributed by atoms with Crippen molar-refractivity contribution >= 4 is 11.8 Å². The molecule has 3 heterocycles. The molecular formula is C24H26FN5O2. The van der Waals surface area contributed by atoms with Crippen LogP contribution in [0.15, 0.2) is 54.9 Å². The Morgan fingerprint density at radius 1 is 1.19 bits per heavy atom. The van der Waals surface area contributed by atoms with E-state index >= 15 is 0 Å². The van der Waals surface area contributed by atoms with E-state index in [-0.39, 0.29) is 17.6 Å². The number of rotatable bonds is 7. The zero-order valence-electron chi connectivity index (χ0n) is 18.0. The molecule has 0 spiro atoms. The lowest BCUT2D eigenvalue weighted by Crippen LogP contribution is -2.43. The molecule has 2 amide bonds. The van der Waals surface area contributed by atoms with Gasteiger partial charge in [-0.1, -0.05) is 18.2 Å². The minimum atomic E-state index is -0.523. The van der Waals surface area contributed by atoms with Gasteiger partial charge in [0, 0.05) is 44.5 Å². The molecular weight excluding hydrogens is 409 g/mol. The second-order valence-electron chi connectivity index (χ2n) is 8.06. The lowest BCUT2D eigenvalue weighted by Gasteiger charge is -2.31. The third-order valence-corrected chi connectivity index (χ3v) is 5.64. The fourth-order valence-corrected chi connectivity index (χ4v) is 4.00. The molecule has 0 saturated heterocycles. The predicted molar refractivity (Wildman–Crippen MR) is 117 cm³/mol. The Kier molecular flexibility index (Phi) is 6.58. The molecule has 1 aromatic carbocycles. The van der Waals surface area contributed by atoms with E-state index in [9.17, 15) is 14.0 Å². The van der Waals surface area contributed by atoms with E-state index in [4.69, 9.17) is 0 Å². The molecule has 0 fully saturated rings. The van der Waals surface area contributed by atoms with Gasteiger partial charge in [-0.05, 0) is 42.7 Å². The minimum absolute atomic E-state index is 0.00383. The van der Waals surface area contributed by atoms with E-state index in [1.807, 2.05) is 31.4 Å². The number of halogens is 1. The Morgan fingerprint density at radius 2 is 2.00 bits per heavy atom. The maximum Gasteiger partial charge on any atom is 0.231 e. The van der Waals surface area contributed by atoms with Crippen LogP contribution < -0.4 is 5.32 Å². The number of aromatic nitrogens is 3. The second-order valence-corrected chi connectivity index (χ2v) is 8.06. The van der Waals surface area contributed by atoms with E-state index in [2.05, 4.69) is 15.4 Å². The SMILES string of the molecule is Cn1cc2c(n1)C(C(=O)NCc1ccccn1)CN(C(=O)CCCc1ccc(F)cc1)C2. The molecule has 1 atom stereocenters. The van der Waals surface area contributed by atoms with Crippen LogP contribution in [0, 0.1) is 5.82 Å². The summed E-state index contributed by atoms with van der Waals surface area (Å²) in [4.78, 5) is 31.9. The molecule has 32 heavy (non-hydrogen) atoms. The monoisotopic (exact) mass is 435 g/mol. The number of fused-ring (bicyclic) bond motifs is 1. The molecule has 0 aliphatic carbocycles. The molecule has 8 heteroatoms. The van der Waals surface area contributed by atoms with Crippen molar-refractivity contribution in [1.82, 2.24) is 25.0 Å². The van der Waals surface area contributed by atoms with Crippen molar-refractivity contribution in [2.45, 2.75) is 38.3 Å². The first-order valence-corrected chi connectivity index (χ1v) is 10.7. The highest BCUT2D eigenvalue weighted by atomic mass is 19.1. The minimum Gasteiger partial charge on any atom is -0.350 e. The second kappa shape index (κ2) is 9.72. The summed E-state index contributed by atoms with van der Waals surface area (Å²) in [5.74, 6) is -0.953. The Bertz CT molecular complexity index is 1080. The van der Waals surface area contributed by atoms with Gasteiger partial charge >= 0.3 is 0 Å². The number of hydrogen-bond donors (Lipinski definition) is 1. The van der Waals surface area contributed by atoms with Crippen molar-refractivity contribution in [2.24, 2.45) is 7.05 Å². The molecule has 3 aromatic rings. The average Bonchev–Trinajstić information content (AvgIpc) is 3.18. The summed E-state index contributed by atoms with van der Waals surface area (Å²) in [6.45, 7) is 1.07. The van der Waals surface area contributed by atoms with Crippen LogP contribution >= 0.6 is 0 Å². The number of nitrogens with one attached hydrogen (secondary N) is 1. The largest absolute Gasteiger partial charge is 0.350 e. The third-order valence-electron chi connectivity index (χ3n) is 5.64. The first-order valence-electron chi connectivity index (χ1n) is 10.7. The van der Waals surface area contributed by atoms with E-state index < -0.39 is 5.92 Å². The lowest BCUT2D eigenvalue weighted by molar-refractivity contribution is -0.133. The van der Waals surface area contributed by atoms with Crippen LogP contribution in [0.4, 0.5) is 4.39 Å². The van der Waals surface area contributed by atoms with Crippen molar-refractivity contribution in [3.8, 4) is 0 Å². The van der Waals surface area contributed by atoms with Crippen LogP contribution in [-0.4, -0.2) is 38.0 Å². The highest BCUT2D eigenvalue weighted by Gasteiger charge is 2.34. The summed E-state index contributed by atoms with van der Waals surface area (Å²) >= 11 is 0. The van der Waals surface area contributed by atoms with E-state index in [1.165, 1.54) is 12.1 Å². The van der Waals surface area contributed by atoms with Crippen LogP contribution in [0.1, 0.15) is 41.3 Å². The molecule has 1 aliphatic rings. The molecule has 0 saturated carbocycles. The molecule has 4 rings (SSSR count). The number of nitrogens with zero attached hydrogens (tertiary/aromatic N) is 4. The van der Waals surface area contributed by atoms with Gasteiger partial charge in [-0.25, -0.2) is 4.39 Å². The molecule has 2 aromatic heterocycles. The lowest BCUT2D eigenvalue weighted by atomic mass is 9.95. The molecule has 1 N–H and O–H groups in total. The molecule has 166 valence electrons. The van der Waals surface area contributed by atoms with Gasteiger partial charge in [0.2, 0.25) is 11.8 Å². The first kappa shape index (κ1) is 21.7. The van der Waals surface area contributed by atoms with Crippen molar-refractivity contribution in [2.75, 3.05) is 6.54 Å². The summed E-state index contributed by atoms with van der Waals surface area (Å²) in [7, 11) is 1.82. The first-order chi connectivity index (χ1) is 15.5. The van der Waals surface area contributed by atoms with E-state index in [1.54, 1.807) is 27.9 Å². The maximum atomic E-state index is 13.1. The fourth-order valence-electron chi connectivity index (χ4n) is 4.00. The number of carbonyl (C=O) groups is 2. The van der Waals surface area contributed by atoms with Crippen LogP contribution in [0.5, 0.6) is 0 Å². The number of carbonyl (C=O) groups excluding carboxylic acids is 2. The topological polar surface area (TPSA) is 80.1 Å². The molecule has 0 radical (unpaired) electrons. The average molecular weight is 436 g/mol. The van der Waals surface area contributed by atoms with Gasteiger partial charge < -0.3 is 10.2 Å². The Labute approximate surface area is 186 Å². The predicted octanol–water partition coefficient (Wildman–Crippen LogP) is 2.72. The quantitative estimate of drug-likeness (QED) is 0.619. The maximum absolute atomic E-state index is 13.1. The number of amides is 2. The number of hydrogen-bond acceptors (Lipinski definition) is 4. The highest BCUT2D eigenvalue weighted by molar-refractivity contribution is 5.85. The molecule has 1 unspecified atom stereocenters. The van der Waals surface area contributed by atoms with Gasteiger partial charge in [0.05, 0.1) is 23.9 Å². The summed E-state index contributed by atoms with van der Waals surface area (Å²) in [5.41, 5.74) is 3.38. The number of benzene rings is 1. The summed E-state index contributed by atoms with van der Waals surface area (Å²) in [6, 6.07) is 11.9. The van der Waals surface area contributed by atoms with Crippen molar-refractivity contribution in [1.29, 1.82) is 0 Å². The normalized spacial score (nSPS) is 15.3. The number of aryl methyl sites for hydroxylation is 2. The summed E-state index contributed by atoms with van der Waals surface area (Å²) < 4.78 is 14.7. The zero-order valence-corrected chi connectivity index (χ0v) is 18.0. The van der Waals surface area contributed by atoms with Crippen LogP contribution in [0.3, 0.4) is 0 Å². The molecule has 7 nitrogen and oxygen atoms in total. The van der Waals surface area contributed by atoms with Gasteiger partial charge in [0.15, 0.2) is 0 Å². The van der Waals surface area contributed by atoms with Gasteiger partial charge in [-0.2, -0.15) is 5.10 Å². The molecule has 1 aliphatic heterocycles. The van der Waals surface area contributed by atoms with Crippen LogP contribution in [0.25, 0.3) is 0 Å². The Hall–Kier alpha value is -3.55. The van der Waals surface area contributed by atoms with Gasteiger partial charge in [-0.3, -0.25) is 19.3 Å². The Morgan fingerprint density at radius 3 is 2.75 bits per heavy atom. The highest BCUT2D eigenvalue weighted by Crippen LogP contribution is 2.28. The number of pyridine rings is 1.